The molecule has 1 aliphatic heterocycles. The first-order valence-electron chi connectivity index (χ1n) is 24.0. The van der Waals surface area contributed by atoms with Gasteiger partial charge in [0.1, 0.15) is 48.0 Å². The fourth-order valence-corrected chi connectivity index (χ4v) is 8.08. The quantitative estimate of drug-likeness (QED) is 0.0338. The number of carboxylic acid groups (broad SMARTS) is 1. The van der Waals surface area contributed by atoms with Gasteiger partial charge < -0.3 is 79.3 Å². The molecule has 0 bridgehead atoms. The third-order valence-electron chi connectivity index (χ3n) is 11.8. The number of primary amides is 1. The number of aliphatic carboxylic acids is 1. The van der Waals surface area contributed by atoms with Gasteiger partial charge >= 0.3 is 5.97 Å². The number of rotatable bonds is 31. The topological polar surface area (TPSA) is 420 Å². The number of hydrogen-bond donors (Lipinski definition) is 14. The minimum atomic E-state index is -1.84. The summed E-state index contributed by atoms with van der Waals surface area (Å²) < 4.78 is 0. The van der Waals surface area contributed by atoms with E-state index in [2.05, 4.69) is 42.5 Å². The molecule has 16 N–H and O–H groups in total. The molecule has 0 aromatic heterocycles. The molecule has 27 heteroatoms. The van der Waals surface area contributed by atoms with Crippen LogP contribution in [0.25, 0.3) is 0 Å². The van der Waals surface area contributed by atoms with Crippen molar-refractivity contribution in [1.82, 2.24) is 47.4 Å². The predicted molar refractivity (Wildman–Crippen MR) is 270 cm³/mol. The number of carbonyl (C=O) groups excluding carboxylic acids is 10. The Kier molecular flexibility index (Phi) is 25.9. The Balaban J connectivity index is 1.60. The number of amides is 10. The fourth-order valence-electron chi connectivity index (χ4n) is 7.59. The number of phenolic OH excluding ortho intramolecular Hbond substituents is 1. The second kappa shape index (κ2) is 31.4. The molecular formula is C48H69N11O15S. The van der Waals surface area contributed by atoms with Gasteiger partial charge in [-0.1, -0.05) is 56.3 Å². The number of carbonyl (C=O) groups is 11. The monoisotopic (exact) mass is 1070 g/mol. The molecule has 0 radical (unpaired) electrons. The molecule has 0 spiro atoms. The zero-order valence-electron chi connectivity index (χ0n) is 41.9. The van der Waals surface area contributed by atoms with Gasteiger partial charge in [0.25, 0.3) is 0 Å². The SMILES string of the molecule is CSCC[C@H](N)C(=O)N1CCC[C@H]1C(=O)N[C@H](C(=O)NCC(=O)NCC(=O)N[C@@H](CCC(N)=O)C(=O)N[C@@H](CO)C(=O)N[C@@H](CO)C(=O)N[C@@H](Cc1ccccc1)C(=O)N[C@@H](Cc1ccc(O)cc1)C(=O)O)C(C)C. The molecule has 1 aliphatic rings. The van der Waals surface area contributed by atoms with E-state index in [4.69, 9.17) is 11.5 Å². The lowest BCUT2D eigenvalue weighted by Crippen LogP contribution is -2.60. The van der Waals surface area contributed by atoms with Crippen molar-refractivity contribution in [3.05, 3.63) is 65.7 Å². The Morgan fingerprint density at radius 1 is 0.667 bits per heavy atom. The van der Waals surface area contributed by atoms with E-state index in [1.165, 1.54) is 40.9 Å². The average Bonchev–Trinajstić information content (AvgIpc) is 3.88. The molecule has 3 rings (SSSR count). The van der Waals surface area contributed by atoms with Crippen LogP contribution in [0.1, 0.15) is 57.1 Å². The van der Waals surface area contributed by atoms with Gasteiger partial charge in [-0.15, -0.1) is 0 Å². The lowest BCUT2D eigenvalue weighted by atomic mass is 10.0. The molecular weight excluding hydrogens is 1000 g/mol. The number of carboxylic acids is 1. The van der Waals surface area contributed by atoms with Crippen LogP contribution in [-0.2, 0) is 65.6 Å². The summed E-state index contributed by atoms with van der Waals surface area (Å²) in [6.45, 7) is 0.0722. The highest BCUT2D eigenvalue weighted by Crippen LogP contribution is 2.20. The maximum Gasteiger partial charge on any atom is 0.326 e. The van der Waals surface area contributed by atoms with Crippen LogP contribution >= 0.6 is 11.8 Å². The van der Waals surface area contributed by atoms with Crippen molar-refractivity contribution in [2.45, 2.75) is 107 Å². The molecule has 0 aliphatic carbocycles. The van der Waals surface area contributed by atoms with Crippen LogP contribution in [0.3, 0.4) is 0 Å². The van der Waals surface area contributed by atoms with Gasteiger partial charge in [-0.25, -0.2) is 4.79 Å². The molecule has 1 heterocycles. The number of aromatic hydroxyl groups is 1. The van der Waals surface area contributed by atoms with E-state index < -0.39 is 153 Å². The summed E-state index contributed by atoms with van der Waals surface area (Å²) in [4.78, 5) is 144. The number of aliphatic hydroxyl groups excluding tert-OH is 2. The van der Waals surface area contributed by atoms with E-state index in [1.807, 2.05) is 6.26 Å². The van der Waals surface area contributed by atoms with Crippen LogP contribution in [0, 0.1) is 5.92 Å². The number of nitrogens with two attached hydrogens (primary N) is 2. The second-order valence-corrected chi connectivity index (χ2v) is 18.9. The predicted octanol–water partition coefficient (Wildman–Crippen LogP) is -4.62. The van der Waals surface area contributed by atoms with Gasteiger partial charge in [0.05, 0.1) is 32.3 Å². The smallest absolute Gasteiger partial charge is 0.326 e. The van der Waals surface area contributed by atoms with Crippen molar-refractivity contribution in [1.29, 1.82) is 0 Å². The molecule has 26 nitrogen and oxygen atoms in total. The van der Waals surface area contributed by atoms with Gasteiger partial charge in [0.2, 0.25) is 59.1 Å². The van der Waals surface area contributed by atoms with Gasteiger partial charge in [0, 0.05) is 25.8 Å². The molecule has 1 saturated heterocycles. The van der Waals surface area contributed by atoms with E-state index in [1.54, 1.807) is 44.2 Å². The average molecular weight is 1070 g/mol. The first-order chi connectivity index (χ1) is 35.6. The van der Waals surface area contributed by atoms with Crippen LogP contribution in [0.15, 0.2) is 54.6 Å². The summed E-state index contributed by atoms with van der Waals surface area (Å²) in [5.41, 5.74) is 12.3. The zero-order chi connectivity index (χ0) is 55.8. The Morgan fingerprint density at radius 2 is 1.20 bits per heavy atom. The lowest BCUT2D eigenvalue weighted by Gasteiger charge is -2.29. The summed E-state index contributed by atoms with van der Waals surface area (Å²) in [5.74, 6) is -10.1. The third-order valence-corrected chi connectivity index (χ3v) is 12.4. The van der Waals surface area contributed by atoms with Gasteiger partial charge in [-0.05, 0) is 66.9 Å². The number of aliphatic hydroxyl groups is 2. The van der Waals surface area contributed by atoms with Crippen LogP contribution < -0.4 is 54.0 Å². The molecule has 0 saturated carbocycles. The summed E-state index contributed by atoms with van der Waals surface area (Å²) >= 11 is 1.53. The molecule has 75 heavy (non-hydrogen) atoms. The van der Waals surface area contributed by atoms with Gasteiger partial charge in [-0.2, -0.15) is 11.8 Å². The van der Waals surface area contributed by atoms with Crippen molar-refractivity contribution in [2.75, 3.05) is 44.9 Å². The first kappa shape index (κ1) is 61.9. The van der Waals surface area contributed by atoms with Crippen molar-refractivity contribution in [2.24, 2.45) is 17.4 Å². The summed E-state index contributed by atoms with van der Waals surface area (Å²) in [5, 5.41) is 58.5. The molecule has 412 valence electrons. The van der Waals surface area contributed by atoms with Crippen LogP contribution in [0.2, 0.25) is 0 Å². The Labute approximate surface area is 437 Å². The largest absolute Gasteiger partial charge is 0.508 e. The maximum atomic E-state index is 13.6. The standard InChI is InChI=1S/C48H69N11O15S/c1-26(2)40(58-45(70)36-10-7-18-59(36)47(72)30(49)17-19-75-3)46(71)52-22-38(64)51-23-39(65)53-31(15-16-37(50)63)41(66)56-35(25-61)44(69)57-34(24-60)43(68)54-32(20-27-8-5-4-6-9-27)42(67)55-33(48(73)74)21-28-11-13-29(62)14-12-28/h4-6,8-9,11-14,26,30-36,40,60-62H,7,10,15-25,49H2,1-3H3,(H2,50,63)(H,51,64)(H,52,71)(H,53,65)(H,54,68)(H,55,67)(H,56,66)(H,57,69)(H,58,70)(H,73,74)/t30-,31-,32-,33-,34-,35-,36-,40-/m0/s1. The number of nitrogens with one attached hydrogen (secondary N) is 8. The molecule has 2 aromatic rings. The fraction of sp³-hybridized carbons (Fsp3) is 0.521. The summed E-state index contributed by atoms with van der Waals surface area (Å²) in [6.07, 6.45) is 1.97. The van der Waals surface area contributed by atoms with Crippen LogP contribution in [-0.4, -0.2) is 184 Å². The number of phenols is 1. The number of nitrogens with zero attached hydrogens (tertiary/aromatic N) is 1. The third kappa shape index (κ3) is 20.8. The normalized spacial score (nSPS) is 15.8. The Hall–Kier alpha value is -7.36. The minimum absolute atomic E-state index is 0.0656. The van der Waals surface area contributed by atoms with E-state index in [-0.39, 0.29) is 24.5 Å². The Bertz CT molecular complexity index is 2310. The maximum absolute atomic E-state index is 13.6. The van der Waals surface area contributed by atoms with E-state index >= 15 is 0 Å². The number of hydrogen-bond acceptors (Lipinski definition) is 16. The second-order valence-electron chi connectivity index (χ2n) is 17.9. The molecule has 2 aromatic carbocycles. The zero-order valence-corrected chi connectivity index (χ0v) is 42.7. The van der Waals surface area contributed by atoms with Crippen molar-refractivity contribution in [3.63, 3.8) is 0 Å². The summed E-state index contributed by atoms with van der Waals surface area (Å²) in [6, 6.07) is 2.90. The number of thioether (sulfide) groups is 1. The first-order valence-corrected chi connectivity index (χ1v) is 25.4. The number of likely N-dealkylation sites (tertiary alicyclic amines) is 1. The summed E-state index contributed by atoms with van der Waals surface area (Å²) in [7, 11) is 0. The molecule has 8 atom stereocenters. The van der Waals surface area contributed by atoms with Crippen molar-refractivity contribution < 1.29 is 73.2 Å². The van der Waals surface area contributed by atoms with Crippen LogP contribution in [0.5, 0.6) is 5.75 Å². The Morgan fingerprint density at radius 3 is 1.76 bits per heavy atom. The van der Waals surface area contributed by atoms with E-state index in [0.29, 0.717) is 42.7 Å². The van der Waals surface area contributed by atoms with Gasteiger partial charge in [0.15, 0.2) is 0 Å². The minimum Gasteiger partial charge on any atom is -0.508 e. The van der Waals surface area contributed by atoms with Crippen molar-refractivity contribution >= 4 is 76.8 Å². The van der Waals surface area contributed by atoms with Gasteiger partial charge in [-0.3, -0.25) is 47.9 Å². The lowest BCUT2D eigenvalue weighted by molar-refractivity contribution is -0.142. The molecule has 0 unspecified atom stereocenters. The highest BCUT2D eigenvalue weighted by atomic mass is 32.2. The van der Waals surface area contributed by atoms with E-state index in [0.717, 1.165) is 0 Å². The molecule has 10 amide bonds. The van der Waals surface area contributed by atoms with E-state index in [9.17, 15) is 73.2 Å². The molecule has 1 fully saturated rings. The van der Waals surface area contributed by atoms with Crippen molar-refractivity contribution in [3.8, 4) is 5.75 Å². The van der Waals surface area contributed by atoms with Crippen LogP contribution in [0.4, 0.5) is 0 Å². The highest BCUT2D eigenvalue weighted by Gasteiger charge is 2.38. The number of benzene rings is 2. The highest BCUT2D eigenvalue weighted by molar-refractivity contribution is 7.98.